The third-order valence-corrected chi connectivity index (χ3v) is 4.63. The van der Waals surface area contributed by atoms with Gasteiger partial charge in [-0.3, -0.25) is 9.59 Å². The van der Waals surface area contributed by atoms with Gasteiger partial charge >= 0.3 is 0 Å². The third kappa shape index (κ3) is 6.06. The first kappa shape index (κ1) is 21.9. The van der Waals surface area contributed by atoms with Gasteiger partial charge in [0.2, 0.25) is 11.8 Å². The van der Waals surface area contributed by atoms with Crippen LogP contribution in [0.2, 0.25) is 5.02 Å². The molecule has 2 aromatic carbocycles. The molecule has 0 saturated heterocycles. The fourth-order valence-corrected chi connectivity index (χ4v) is 2.98. The highest BCUT2D eigenvalue weighted by atomic mass is 35.5. The molecule has 0 saturated carbocycles. The number of nitrogens with zero attached hydrogens (tertiary/aromatic N) is 1. The molecule has 2 rings (SSSR count). The minimum absolute atomic E-state index is 0.00527. The second-order valence-corrected chi connectivity index (χ2v) is 8.20. The number of hydrogen-bond acceptors (Lipinski definition) is 2. The average molecular weight is 405 g/mol. The highest BCUT2D eigenvalue weighted by Gasteiger charge is 2.29. The van der Waals surface area contributed by atoms with E-state index in [9.17, 15) is 14.0 Å². The van der Waals surface area contributed by atoms with E-state index in [1.54, 1.807) is 49.4 Å². The molecule has 0 spiro atoms. The van der Waals surface area contributed by atoms with E-state index in [-0.39, 0.29) is 24.8 Å². The molecule has 0 radical (unpaired) electrons. The van der Waals surface area contributed by atoms with Crippen LogP contribution < -0.4 is 5.32 Å². The Bertz CT molecular complexity index is 848. The summed E-state index contributed by atoms with van der Waals surface area (Å²) in [5.74, 6) is -1.01. The number of carbonyl (C=O) groups is 2. The standard InChI is InChI=1S/C22H26ClFN2O2/c1-15(21(28)25-22(2,3)4)26(14-17-10-6-8-12-19(17)24)20(27)13-16-9-5-7-11-18(16)23/h5-12,15H,13-14H2,1-4H3,(H,25,28). The monoisotopic (exact) mass is 404 g/mol. The number of halogens is 2. The Morgan fingerprint density at radius 3 is 2.21 bits per heavy atom. The van der Waals surface area contributed by atoms with E-state index in [4.69, 9.17) is 11.6 Å². The summed E-state index contributed by atoms with van der Waals surface area (Å²) < 4.78 is 14.2. The summed E-state index contributed by atoms with van der Waals surface area (Å²) >= 11 is 6.18. The number of rotatable bonds is 6. The van der Waals surface area contributed by atoms with E-state index < -0.39 is 17.4 Å². The molecule has 28 heavy (non-hydrogen) atoms. The molecular formula is C22H26ClFN2O2. The molecule has 1 unspecified atom stereocenters. The van der Waals surface area contributed by atoms with E-state index in [1.165, 1.54) is 11.0 Å². The van der Waals surface area contributed by atoms with Gasteiger partial charge in [0.1, 0.15) is 11.9 Å². The zero-order valence-corrected chi connectivity index (χ0v) is 17.4. The second-order valence-electron chi connectivity index (χ2n) is 7.80. The molecule has 150 valence electrons. The summed E-state index contributed by atoms with van der Waals surface area (Å²) in [4.78, 5) is 27.1. The van der Waals surface area contributed by atoms with Gasteiger partial charge in [0.05, 0.1) is 6.42 Å². The minimum atomic E-state index is -0.770. The quantitative estimate of drug-likeness (QED) is 0.777. The molecule has 0 aliphatic rings. The molecule has 0 bridgehead atoms. The molecule has 2 aromatic rings. The largest absolute Gasteiger partial charge is 0.350 e. The lowest BCUT2D eigenvalue weighted by Crippen LogP contribution is -2.52. The van der Waals surface area contributed by atoms with Crippen molar-refractivity contribution in [1.82, 2.24) is 10.2 Å². The topological polar surface area (TPSA) is 49.4 Å². The Kier molecular flexibility index (Phi) is 7.19. The SMILES string of the molecule is CC(C(=O)NC(C)(C)C)N(Cc1ccccc1F)C(=O)Cc1ccccc1Cl. The molecule has 0 heterocycles. The molecule has 0 aromatic heterocycles. The maximum atomic E-state index is 14.2. The van der Waals surface area contributed by atoms with Crippen molar-refractivity contribution < 1.29 is 14.0 Å². The Morgan fingerprint density at radius 1 is 1.07 bits per heavy atom. The first-order chi connectivity index (χ1) is 13.1. The fraction of sp³-hybridized carbons (Fsp3) is 0.364. The van der Waals surface area contributed by atoms with Crippen molar-refractivity contribution in [2.75, 3.05) is 0 Å². The lowest BCUT2D eigenvalue weighted by atomic mass is 10.1. The van der Waals surface area contributed by atoms with Crippen molar-refractivity contribution in [3.63, 3.8) is 0 Å². The number of nitrogens with one attached hydrogen (secondary N) is 1. The van der Waals surface area contributed by atoms with Crippen LogP contribution in [0.5, 0.6) is 0 Å². The van der Waals surface area contributed by atoms with Crippen molar-refractivity contribution in [2.45, 2.75) is 52.2 Å². The van der Waals surface area contributed by atoms with Crippen molar-refractivity contribution >= 4 is 23.4 Å². The minimum Gasteiger partial charge on any atom is -0.350 e. The molecule has 0 aliphatic heterocycles. The molecule has 2 amide bonds. The Labute approximate surface area is 170 Å². The van der Waals surface area contributed by atoms with Gasteiger partial charge in [-0.25, -0.2) is 4.39 Å². The number of amides is 2. The van der Waals surface area contributed by atoms with Crippen LogP contribution in [0.1, 0.15) is 38.8 Å². The summed E-state index contributed by atoms with van der Waals surface area (Å²) in [7, 11) is 0. The normalized spacial score (nSPS) is 12.4. The van der Waals surface area contributed by atoms with Crippen LogP contribution in [0.4, 0.5) is 4.39 Å². The van der Waals surface area contributed by atoms with Gasteiger partial charge in [-0.1, -0.05) is 48.0 Å². The van der Waals surface area contributed by atoms with Crippen molar-refractivity contribution in [3.8, 4) is 0 Å². The van der Waals surface area contributed by atoms with Crippen molar-refractivity contribution in [3.05, 3.63) is 70.5 Å². The molecule has 1 N–H and O–H groups in total. The summed E-state index contributed by atoms with van der Waals surface area (Å²) in [5, 5.41) is 3.36. The van der Waals surface area contributed by atoms with E-state index >= 15 is 0 Å². The first-order valence-corrected chi connectivity index (χ1v) is 9.54. The Balaban J connectivity index is 2.29. The average Bonchev–Trinajstić information content (AvgIpc) is 2.61. The fourth-order valence-electron chi connectivity index (χ4n) is 2.77. The second kappa shape index (κ2) is 9.20. The van der Waals surface area contributed by atoms with E-state index in [0.717, 1.165) is 0 Å². The van der Waals surface area contributed by atoms with Gasteiger partial charge in [-0.15, -0.1) is 0 Å². The maximum absolute atomic E-state index is 14.2. The van der Waals surface area contributed by atoms with E-state index in [0.29, 0.717) is 16.1 Å². The van der Waals surface area contributed by atoms with Crippen LogP contribution in [0.15, 0.2) is 48.5 Å². The lowest BCUT2D eigenvalue weighted by molar-refractivity contribution is -0.140. The van der Waals surface area contributed by atoms with Crippen molar-refractivity contribution in [1.29, 1.82) is 0 Å². The van der Waals surface area contributed by atoms with Gasteiger partial charge in [0.25, 0.3) is 0 Å². The van der Waals surface area contributed by atoms with Gasteiger partial charge in [-0.05, 0) is 45.4 Å². The number of carbonyl (C=O) groups excluding carboxylic acids is 2. The third-order valence-electron chi connectivity index (χ3n) is 4.26. The number of benzene rings is 2. The Morgan fingerprint density at radius 2 is 1.64 bits per heavy atom. The molecule has 0 aliphatic carbocycles. The molecule has 1 atom stereocenters. The predicted octanol–water partition coefficient (Wildman–Crippen LogP) is 4.35. The lowest BCUT2D eigenvalue weighted by Gasteiger charge is -2.31. The highest BCUT2D eigenvalue weighted by Crippen LogP contribution is 2.19. The van der Waals surface area contributed by atoms with Gasteiger partial charge < -0.3 is 10.2 Å². The van der Waals surface area contributed by atoms with Crippen LogP contribution in [0.25, 0.3) is 0 Å². The number of hydrogen-bond donors (Lipinski definition) is 1. The zero-order chi connectivity index (χ0) is 20.9. The Hall–Kier alpha value is -2.40. The van der Waals surface area contributed by atoms with Gasteiger partial charge in [0.15, 0.2) is 0 Å². The van der Waals surface area contributed by atoms with Crippen LogP contribution in [-0.2, 0) is 22.6 Å². The van der Waals surface area contributed by atoms with E-state index in [2.05, 4.69) is 5.32 Å². The van der Waals surface area contributed by atoms with Crippen LogP contribution >= 0.6 is 11.6 Å². The summed E-state index contributed by atoms with van der Waals surface area (Å²) in [5.41, 5.74) is 0.572. The van der Waals surface area contributed by atoms with Crippen LogP contribution in [0.3, 0.4) is 0 Å². The van der Waals surface area contributed by atoms with Gasteiger partial charge in [-0.2, -0.15) is 0 Å². The van der Waals surface area contributed by atoms with Gasteiger partial charge in [0, 0.05) is 22.7 Å². The molecule has 4 nitrogen and oxygen atoms in total. The molecule has 0 fully saturated rings. The highest BCUT2D eigenvalue weighted by molar-refractivity contribution is 6.31. The zero-order valence-electron chi connectivity index (χ0n) is 16.6. The molecule has 6 heteroatoms. The van der Waals surface area contributed by atoms with Crippen LogP contribution in [-0.4, -0.2) is 28.3 Å². The van der Waals surface area contributed by atoms with Crippen LogP contribution in [0, 0.1) is 5.82 Å². The van der Waals surface area contributed by atoms with Crippen molar-refractivity contribution in [2.24, 2.45) is 0 Å². The van der Waals surface area contributed by atoms with E-state index in [1.807, 2.05) is 20.8 Å². The summed E-state index contributed by atoms with van der Waals surface area (Å²) in [6.45, 7) is 7.24. The summed E-state index contributed by atoms with van der Waals surface area (Å²) in [6, 6.07) is 12.5. The smallest absolute Gasteiger partial charge is 0.242 e. The first-order valence-electron chi connectivity index (χ1n) is 9.17. The predicted molar refractivity (Wildman–Crippen MR) is 109 cm³/mol. The maximum Gasteiger partial charge on any atom is 0.242 e. The molecular weight excluding hydrogens is 379 g/mol. The summed E-state index contributed by atoms with van der Waals surface area (Å²) in [6.07, 6.45) is 0.0290.